The largest absolute Gasteiger partial charge is 0.494 e. The maximum absolute atomic E-state index is 11.4. The van der Waals surface area contributed by atoms with Crippen molar-refractivity contribution in [2.45, 2.75) is 26.3 Å². The van der Waals surface area contributed by atoms with Crippen molar-refractivity contribution >= 4 is 9.84 Å². The topological polar surface area (TPSA) is 55.4 Å². The van der Waals surface area contributed by atoms with Crippen LogP contribution in [0.5, 0.6) is 5.75 Å². The molecule has 1 aromatic rings. The monoisotopic (exact) mass is 285 g/mol. The van der Waals surface area contributed by atoms with E-state index in [9.17, 15) is 8.42 Å². The van der Waals surface area contributed by atoms with Crippen LogP contribution in [0, 0.1) is 0 Å². The van der Waals surface area contributed by atoms with Crippen LogP contribution in [-0.2, 0) is 9.84 Å². The van der Waals surface area contributed by atoms with Crippen molar-refractivity contribution in [1.29, 1.82) is 0 Å². The third-order valence-electron chi connectivity index (χ3n) is 2.77. The van der Waals surface area contributed by atoms with Gasteiger partial charge in [0.2, 0.25) is 0 Å². The van der Waals surface area contributed by atoms with E-state index in [-0.39, 0.29) is 17.5 Å². The summed E-state index contributed by atoms with van der Waals surface area (Å²) < 4.78 is 28.4. The molecule has 0 heterocycles. The summed E-state index contributed by atoms with van der Waals surface area (Å²) in [5, 5.41) is 3.20. The molecule has 1 rings (SSSR count). The van der Waals surface area contributed by atoms with Crippen LogP contribution in [0.3, 0.4) is 0 Å². The van der Waals surface area contributed by atoms with E-state index < -0.39 is 9.84 Å². The molecule has 0 bridgehead atoms. The summed E-state index contributed by atoms with van der Waals surface area (Å²) in [5.74, 6) is 1.27. The normalized spacial score (nSPS) is 13.2. The maximum atomic E-state index is 11.4. The molecule has 0 spiro atoms. The Balaban J connectivity index is 2.11. The molecule has 1 unspecified atom stereocenters. The predicted octanol–water partition coefficient (Wildman–Crippen LogP) is 1.87. The van der Waals surface area contributed by atoms with Gasteiger partial charge < -0.3 is 10.1 Å². The van der Waals surface area contributed by atoms with E-state index in [1.807, 2.05) is 37.3 Å². The van der Waals surface area contributed by atoms with E-state index in [0.29, 0.717) is 6.61 Å². The zero-order valence-electron chi connectivity index (χ0n) is 11.6. The summed E-state index contributed by atoms with van der Waals surface area (Å²) in [7, 11) is -2.90. The third-order valence-corrected chi connectivity index (χ3v) is 4.66. The van der Waals surface area contributed by atoms with Crippen LogP contribution in [0.2, 0.25) is 0 Å². The maximum Gasteiger partial charge on any atom is 0.151 e. The molecule has 19 heavy (non-hydrogen) atoms. The van der Waals surface area contributed by atoms with Crippen LogP contribution in [0.4, 0.5) is 0 Å². The summed E-state index contributed by atoms with van der Waals surface area (Å²) in [4.78, 5) is 0. The standard InChI is InChI=1S/C14H23NO3S/c1-3-19(16,17)12-13(2)15-10-7-11-18-14-8-5-4-6-9-14/h4-6,8-9,13,15H,3,7,10-12H2,1-2H3. The highest BCUT2D eigenvalue weighted by atomic mass is 32.2. The lowest BCUT2D eigenvalue weighted by atomic mass is 10.3. The highest BCUT2D eigenvalue weighted by molar-refractivity contribution is 7.91. The summed E-state index contributed by atoms with van der Waals surface area (Å²) in [6, 6.07) is 9.65. The van der Waals surface area contributed by atoms with E-state index >= 15 is 0 Å². The molecule has 0 aliphatic rings. The smallest absolute Gasteiger partial charge is 0.151 e. The summed E-state index contributed by atoms with van der Waals surface area (Å²) >= 11 is 0. The molecule has 1 N–H and O–H groups in total. The first-order valence-electron chi connectivity index (χ1n) is 6.65. The Labute approximate surface area is 116 Å². The van der Waals surface area contributed by atoms with Gasteiger partial charge in [-0.1, -0.05) is 25.1 Å². The van der Waals surface area contributed by atoms with Gasteiger partial charge in [0.1, 0.15) is 5.75 Å². The molecule has 4 nitrogen and oxygen atoms in total. The average molecular weight is 285 g/mol. The number of sulfone groups is 1. The Bertz CT molecular complexity index is 445. The van der Waals surface area contributed by atoms with Crippen LogP contribution in [0.1, 0.15) is 20.3 Å². The van der Waals surface area contributed by atoms with Crippen LogP contribution in [-0.4, -0.2) is 39.1 Å². The number of hydrogen-bond acceptors (Lipinski definition) is 4. The van der Waals surface area contributed by atoms with Gasteiger partial charge in [-0.05, 0) is 32.0 Å². The Kier molecular flexibility index (Phi) is 6.87. The van der Waals surface area contributed by atoms with Gasteiger partial charge in [-0.25, -0.2) is 8.42 Å². The van der Waals surface area contributed by atoms with Crippen LogP contribution < -0.4 is 10.1 Å². The number of benzene rings is 1. The second-order valence-electron chi connectivity index (χ2n) is 4.57. The van der Waals surface area contributed by atoms with Crippen molar-refractivity contribution in [1.82, 2.24) is 5.32 Å². The lowest BCUT2D eigenvalue weighted by Gasteiger charge is -2.13. The van der Waals surface area contributed by atoms with Gasteiger partial charge >= 0.3 is 0 Å². The quantitative estimate of drug-likeness (QED) is 0.704. The second kappa shape index (κ2) is 8.17. The molecule has 5 heteroatoms. The van der Waals surface area contributed by atoms with E-state index in [1.165, 1.54) is 0 Å². The molecule has 0 saturated heterocycles. The van der Waals surface area contributed by atoms with Crippen molar-refractivity contribution in [3.63, 3.8) is 0 Å². The molecule has 1 atom stereocenters. The lowest BCUT2D eigenvalue weighted by molar-refractivity contribution is 0.306. The minimum absolute atomic E-state index is 0.0123. The second-order valence-corrected chi connectivity index (χ2v) is 6.97. The SMILES string of the molecule is CCS(=O)(=O)CC(C)NCCCOc1ccccc1. The Morgan fingerprint density at radius 3 is 2.58 bits per heavy atom. The first-order valence-corrected chi connectivity index (χ1v) is 8.47. The highest BCUT2D eigenvalue weighted by Gasteiger charge is 2.12. The van der Waals surface area contributed by atoms with Crippen molar-refractivity contribution in [3.05, 3.63) is 30.3 Å². The van der Waals surface area contributed by atoms with Crippen molar-refractivity contribution < 1.29 is 13.2 Å². The lowest BCUT2D eigenvalue weighted by Crippen LogP contribution is -2.34. The average Bonchev–Trinajstić information content (AvgIpc) is 2.39. The van der Waals surface area contributed by atoms with Gasteiger partial charge in [-0.3, -0.25) is 0 Å². The van der Waals surface area contributed by atoms with E-state index in [0.717, 1.165) is 18.7 Å². The van der Waals surface area contributed by atoms with Gasteiger partial charge in [-0.2, -0.15) is 0 Å². The zero-order chi connectivity index (χ0) is 14.1. The molecule has 0 amide bonds. The number of hydrogen-bond donors (Lipinski definition) is 1. The fraction of sp³-hybridized carbons (Fsp3) is 0.571. The Hall–Kier alpha value is -1.07. The van der Waals surface area contributed by atoms with Crippen molar-refractivity contribution in [2.75, 3.05) is 24.7 Å². The fourth-order valence-corrected chi connectivity index (χ4v) is 2.80. The van der Waals surface area contributed by atoms with Gasteiger partial charge in [0.25, 0.3) is 0 Å². The predicted molar refractivity (Wildman–Crippen MR) is 78.3 cm³/mol. The molecule has 108 valence electrons. The van der Waals surface area contributed by atoms with E-state index in [2.05, 4.69) is 5.32 Å². The minimum Gasteiger partial charge on any atom is -0.494 e. The first kappa shape index (κ1) is 16.0. The van der Waals surface area contributed by atoms with Crippen molar-refractivity contribution in [2.24, 2.45) is 0 Å². The minimum atomic E-state index is -2.90. The molecule has 0 aromatic heterocycles. The highest BCUT2D eigenvalue weighted by Crippen LogP contribution is 2.08. The Morgan fingerprint density at radius 1 is 1.26 bits per heavy atom. The van der Waals surface area contributed by atoms with Crippen molar-refractivity contribution in [3.8, 4) is 5.75 Å². The van der Waals surface area contributed by atoms with E-state index in [4.69, 9.17) is 4.74 Å². The number of rotatable bonds is 9. The van der Waals surface area contributed by atoms with E-state index in [1.54, 1.807) is 6.92 Å². The molecular weight excluding hydrogens is 262 g/mol. The molecule has 0 fully saturated rings. The summed E-state index contributed by atoms with van der Waals surface area (Å²) in [5.41, 5.74) is 0. The summed E-state index contributed by atoms with van der Waals surface area (Å²) in [6.07, 6.45) is 0.853. The van der Waals surface area contributed by atoms with Gasteiger partial charge in [0.15, 0.2) is 9.84 Å². The molecule has 0 saturated carbocycles. The molecular formula is C14H23NO3S. The zero-order valence-corrected chi connectivity index (χ0v) is 12.4. The third kappa shape index (κ3) is 7.18. The fourth-order valence-electron chi connectivity index (χ4n) is 1.69. The Morgan fingerprint density at radius 2 is 1.95 bits per heavy atom. The van der Waals surface area contributed by atoms with Gasteiger partial charge in [0.05, 0.1) is 12.4 Å². The van der Waals surface area contributed by atoms with Crippen LogP contribution in [0.15, 0.2) is 30.3 Å². The molecule has 0 aliphatic heterocycles. The van der Waals surface area contributed by atoms with Crippen LogP contribution >= 0.6 is 0 Å². The molecule has 1 aromatic carbocycles. The summed E-state index contributed by atoms with van der Waals surface area (Å²) in [6.45, 7) is 4.96. The first-order chi connectivity index (χ1) is 9.03. The molecule has 0 radical (unpaired) electrons. The number of ether oxygens (including phenoxy) is 1. The van der Waals surface area contributed by atoms with Gasteiger partial charge in [0, 0.05) is 11.8 Å². The van der Waals surface area contributed by atoms with Gasteiger partial charge in [-0.15, -0.1) is 0 Å². The van der Waals surface area contributed by atoms with Crippen LogP contribution in [0.25, 0.3) is 0 Å². The number of para-hydroxylation sites is 1. The molecule has 0 aliphatic carbocycles. The number of nitrogens with one attached hydrogen (secondary N) is 1.